The second kappa shape index (κ2) is 4.78. The number of fused-ring (bicyclic) bond motifs is 1. The third-order valence-corrected chi connectivity index (χ3v) is 5.67. The van der Waals surface area contributed by atoms with Gasteiger partial charge in [0.1, 0.15) is 0 Å². The van der Waals surface area contributed by atoms with E-state index in [0.29, 0.717) is 16.2 Å². The van der Waals surface area contributed by atoms with Gasteiger partial charge in [-0.25, -0.2) is 13.2 Å². The van der Waals surface area contributed by atoms with Gasteiger partial charge in [0, 0.05) is 5.75 Å². The van der Waals surface area contributed by atoms with Crippen LogP contribution < -0.4 is 0 Å². The summed E-state index contributed by atoms with van der Waals surface area (Å²) < 4.78 is 24.3. The highest BCUT2D eigenvalue weighted by atomic mass is 32.2. The zero-order valence-corrected chi connectivity index (χ0v) is 11.3. The molecule has 1 heterocycles. The van der Waals surface area contributed by atoms with Crippen LogP contribution >= 0.6 is 11.8 Å². The quantitative estimate of drug-likeness (QED) is 0.918. The van der Waals surface area contributed by atoms with E-state index in [1.807, 2.05) is 6.92 Å². The molecule has 1 aromatic rings. The van der Waals surface area contributed by atoms with E-state index in [1.165, 1.54) is 30.0 Å². The average molecular weight is 284 g/mol. The number of thioether (sulfide) groups is 1. The molecule has 1 aliphatic rings. The summed E-state index contributed by atoms with van der Waals surface area (Å²) in [5.41, 5.74) is 0.575. The van der Waals surface area contributed by atoms with Crippen LogP contribution in [0, 0.1) is 0 Å². The summed E-state index contributed by atoms with van der Waals surface area (Å²) in [5.74, 6) is 0.208. The lowest BCUT2D eigenvalue weighted by Gasteiger charge is -2.03. The number of carbonyl (C=O) groups is 1. The Balaban J connectivity index is 2.46. The molecule has 0 saturated heterocycles. The van der Waals surface area contributed by atoms with Gasteiger partial charge in [-0.3, -0.25) is 0 Å². The number of benzene rings is 1. The van der Waals surface area contributed by atoms with Gasteiger partial charge in [0.2, 0.25) is 9.84 Å². The lowest BCUT2D eigenvalue weighted by molar-refractivity contribution is 0.0696. The number of carboxylic acids is 1. The third-order valence-electron chi connectivity index (χ3n) is 2.66. The van der Waals surface area contributed by atoms with Gasteiger partial charge in [-0.1, -0.05) is 6.92 Å². The van der Waals surface area contributed by atoms with Crippen molar-refractivity contribution >= 4 is 33.6 Å². The highest BCUT2D eigenvalue weighted by molar-refractivity contribution is 8.02. The van der Waals surface area contributed by atoms with E-state index >= 15 is 0 Å². The smallest absolute Gasteiger partial charge is 0.335 e. The van der Waals surface area contributed by atoms with Gasteiger partial charge in [-0.2, -0.15) is 11.8 Å². The predicted molar refractivity (Wildman–Crippen MR) is 71.6 cm³/mol. The summed E-state index contributed by atoms with van der Waals surface area (Å²) in [6, 6.07) is 4.09. The SMILES string of the molecule is CCSCC1=Cc2cc(C(=O)O)ccc2S1(=O)=O. The van der Waals surface area contributed by atoms with Crippen molar-refractivity contribution in [1.29, 1.82) is 0 Å². The van der Waals surface area contributed by atoms with Crippen molar-refractivity contribution in [3.63, 3.8) is 0 Å². The van der Waals surface area contributed by atoms with Gasteiger partial charge in [0.25, 0.3) is 0 Å². The Kier molecular flexibility index (Phi) is 3.49. The average Bonchev–Trinajstić information content (AvgIpc) is 2.58. The van der Waals surface area contributed by atoms with Crippen LogP contribution in [0.1, 0.15) is 22.8 Å². The maximum atomic E-state index is 12.1. The van der Waals surface area contributed by atoms with Crippen molar-refractivity contribution in [2.45, 2.75) is 11.8 Å². The maximum absolute atomic E-state index is 12.1. The first-order chi connectivity index (χ1) is 8.46. The summed E-state index contributed by atoms with van der Waals surface area (Å²) in [5, 5.41) is 8.88. The Bertz CT molecular complexity index is 629. The van der Waals surface area contributed by atoms with Gasteiger partial charge < -0.3 is 5.11 Å². The Morgan fingerprint density at radius 3 is 2.72 bits per heavy atom. The first kappa shape index (κ1) is 13.2. The molecular weight excluding hydrogens is 272 g/mol. The number of sulfone groups is 1. The molecule has 0 bridgehead atoms. The molecule has 4 nitrogen and oxygen atoms in total. The molecule has 1 N–H and O–H groups in total. The molecule has 96 valence electrons. The molecule has 0 fully saturated rings. The third kappa shape index (κ3) is 2.18. The van der Waals surface area contributed by atoms with Crippen molar-refractivity contribution in [3.8, 4) is 0 Å². The van der Waals surface area contributed by atoms with E-state index in [0.717, 1.165) is 5.75 Å². The molecule has 0 unspecified atom stereocenters. The number of hydrogen-bond acceptors (Lipinski definition) is 4. The van der Waals surface area contributed by atoms with Crippen molar-refractivity contribution in [2.24, 2.45) is 0 Å². The molecule has 0 atom stereocenters. The maximum Gasteiger partial charge on any atom is 0.335 e. The Morgan fingerprint density at radius 1 is 1.39 bits per heavy atom. The lowest BCUT2D eigenvalue weighted by atomic mass is 10.1. The van der Waals surface area contributed by atoms with E-state index in [9.17, 15) is 13.2 Å². The second-order valence-corrected chi connectivity index (χ2v) is 7.05. The molecule has 1 aromatic carbocycles. The van der Waals surface area contributed by atoms with Crippen LogP contribution in [0.5, 0.6) is 0 Å². The van der Waals surface area contributed by atoms with E-state index in [-0.39, 0.29) is 10.5 Å². The van der Waals surface area contributed by atoms with Crippen LogP contribution in [-0.2, 0) is 9.84 Å². The molecule has 0 saturated carbocycles. The molecule has 0 amide bonds. The van der Waals surface area contributed by atoms with Crippen molar-refractivity contribution in [1.82, 2.24) is 0 Å². The lowest BCUT2D eigenvalue weighted by Crippen LogP contribution is -2.03. The van der Waals surface area contributed by atoms with Crippen molar-refractivity contribution in [3.05, 3.63) is 34.2 Å². The predicted octanol–water partition coefficient (Wildman–Crippen LogP) is 2.27. The number of rotatable bonds is 4. The summed E-state index contributed by atoms with van der Waals surface area (Å²) in [7, 11) is -3.41. The Morgan fingerprint density at radius 2 is 2.11 bits per heavy atom. The standard InChI is InChI=1S/C12H12O4S2/c1-2-17-7-10-6-9-5-8(12(13)14)3-4-11(9)18(10,15)16/h3-6H,2,7H2,1H3,(H,13,14). The zero-order valence-electron chi connectivity index (χ0n) is 9.71. The molecule has 6 heteroatoms. The summed E-state index contributed by atoms with van der Waals surface area (Å²) >= 11 is 1.52. The van der Waals surface area contributed by atoms with Gasteiger partial charge in [0.05, 0.1) is 15.4 Å². The molecular formula is C12H12O4S2. The monoisotopic (exact) mass is 284 g/mol. The fourth-order valence-corrected chi connectivity index (χ4v) is 4.35. The minimum Gasteiger partial charge on any atom is -0.478 e. The van der Waals surface area contributed by atoms with Crippen LogP contribution in [0.4, 0.5) is 0 Å². The molecule has 0 aliphatic carbocycles. The molecule has 0 spiro atoms. The second-order valence-electron chi connectivity index (χ2n) is 3.81. The van der Waals surface area contributed by atoms with Crippen LogP contribution in [0.15, 0.2) is 28.0 Å². The summed E-state index contributed by atoms with van der Waals surface area (Å²) in [6.45, 7) is 1.96. The van der Waals surface area contributed by atoms with Crippen LogP contribution in [-0.4, -0.2) is 31.0 Å². The molecule has 2 rings (SSSR count). The van der Waals surface area contributed by atoms with E-state index in [1.54, 1.807) is 6.08 Å². The summed E-state index contributed by atoms with van der Waals surface area (Å²) in [4.78, 5) is 11.4. The molecule has 1 aliphatic heterocycles. The van der Waals surface area contributed by atoms with Crippen LogP contribution in [0.2, 0.25) is 0 Å². The van der Waals surface area contributed by atoms with Crippen LogP contribution in [0.3, 0.4) is 0 Å². The van der Waals surface area contributed by atoms with Gasteiger partial charge in [0.15, 0.2) is 0 Å². The fraction of sp³-hybridized carbons (Fsp3) is 0.250. The Labute approximate surface area is 110 Å². The van der Waals surface area contributed by atoms with Gasteiger partial charge in [-0.05, 0) is 35.6 Å². The normalized spacial score (nSPS) is 16.2. The highest BCUT2D eigenvalue weighted by Crippen LogP contribution is 2.34. The molecule has 18 heavy (non-hydrogen) atoms. The molecule has 0 radical (unpaired) electrons. The number of hydrogen-bond donors (Lipinski definition) is 1. The number of aromatic carboxylic acids is 1. The zero-order chi connectivity index (χ0) is 13.3. The topological polar surface area (TPSA) is 71.4 Å². The highest BCUT2D eigenvalue weighted by Gasteiger charge is 2.29. The van der Waals surface area contributed by atoms with E-state index < -0.39 is 15.8 Å². The fourth-order valence-electron chi connectivity index (χ4n) is 1.75. The first-order valence-electron chi connectivity index (χ1n) is 5.37. The first-order valence-corrected chi connectivity index (χ1v) is 8.01. The van der Waals surface area contributed by atoms with Gasteiger partial charge in [-0.15, -0.1) is 0 Å². The molecule has 0 aromatic heterocycles. The number of carboxylic acid groups (broad SMARTS) is 1. The van der Waals surface area contributed by atoms with Gasteiger partial charge >= 0.3 is 5.97 Å². The van der Waals surface area contributed by atoms with Crippen molar-refractivity contribution < 1.29 is 18.3 Å². The van der Waals surface area contributed by atoms with Crippen molar-refractivity contribution in [2.75, 3.05) is 11.5 Å². The Hall–Kier alpha value is -1.27. The van der Waals surface area contributed by atoms with Crippen LogP contribution in [0.25, 0.3) is 6.08 Å². The minimum absolute atomic E-state index is 0.101. The summed E-state index contributed by atoms with van der Waals surface area (Å²) in [6.07, 6.45) is 1.57. The van der Waals surface area contributed by atoms with E-state index in [4.69, 9.17) is 5.11 Å². The largest absolute Gasteiger partial charge is 0.478 e. The minimum atomic E-state index is -3.41. The van der Waals surface area contributed by atoms with E-state index in [2.05, 4.69) is 0 Å².